The van der Waals surface area contributed by atoms with E-state index in [1.54, 1.807) is 7.11 Å². The van der Waals surface area contributed by atoms with Gasteiger partial charge in [-0.1, -0.05) is 13.0 Å². The molecule has 0 fully saturated rings. The fourth-order valence-electron chi connectivity index (χ4n) is 1.43. The molecule has 90 valence electrons. The molecule has 16 heavy (non-hydrogen) atoms. The van der Waals surface area contributed by atoms with E-state index in [0.29, 0.717) is 5.82 Å². The smallest absolute Gasteiger partial charge is 0.139 e. The van der Waals surface area contributed by atoms with Crippen LogP contribution in [0.3, 0.4) is 0 Å². The summed E-state index contributed by atoms with van der Waals surface area (Å²) in [5, 5.41) is 0. The average Bonchev–Trinajstić information content (AvgIpc) is 2.35. The van der Waals surface area contributed by atoms with Crippen LogP contribution < -0.4 is 11.3 Å². The van der Waals surface area contributed by atoms with Gasteiger partial charge in [-0.25, -0.2) is 10.8 Å². The number of nitrogen functional groups attached to an aromatic ring is 1. The molecule has 0 bridgehead atoms. The second-order valence-electron chi connectivity index (χ2n) is 3.56. The van der Waals surface area contributed by atoms with Crippen LogP contribution in [0.2, 0.25) is 0 Å². The van der Waals surface area contributed by atoms with Crippen LogP contribution in [0.25, 0.3) is 0 Å². The Hall–Kier alpha value is -1.17. The van der Waals surface area contributed by atoms with Gasteiger partial charge in [-0.05, 0) is 18.2 Å². The van der Waals surface area contributed by atoms with Gasteiger partial charge < -0.3 is 10.2 Å². The van der Waals surface area contributed by atoms with E-state index in [2.05, 4.69) is 22.2 Å². The number of nitrogens with two attached hydrogens (primary N) is 1. The number of hydrogen-bond acceptors (Lipinski definition) is 5. The Morgan fingerprint density at radius 3 is 2.81 bits per heavy atom. The Balaban J connectivity index is 2.49. The number of aromatic nitrogens is 1. The van der Waals surface area contributed by atoms with Crippen LogP contribution in [0.4, 0.5) is 5.82 Å². The van der Waals surface area contributed by atoms with E-state index in [9.17, 15) is 0 Å². The van der Waals surface area contributed by atoms with Crippen LogP contribution in [0.5, 0.6) is 0 Å². The number of nitrogens with zero attached hydrogens (tertiary/aromatic N) is 2. The van der Waals surface area contributed by atoms with Gasteiger partial charge in [0.25, 0.3) is 0 Å². The molecule has 0 unspecified atom stereocenters. The van der Waals surface area contributed by atoms with Gasteiger partial charge in [0.1, 0.15) is 5.82 Å². The molecule has 1 aromatic heterocycles. The Bertz CT molecular complexity index is 289. The highest BCUT2D eigenvalue weighted by molar-refractivity contribution is 5.33. The molecule has 0 atom stereocenters. The first-order valence-electron chi connectivity index (χ1n) is 5.43. The molecule has 0 aromatic carbocycles. The summed E-state index contributed by atoms with van der Waals surface area (Å²) in [6.45, 7) is 5.71. The fraction of sp³-hybridized carbons (Fsp3) is 0.545. The molecule has 3 N–H and O–H groups in total. The van der Waals surface area contributed by atoms with Gasteiger partial charge in [-0.2, -0.15) is 0 Å². The van der Waals surface area contributed by atoms with Gasteiger partial charge in [0.05, 0.1) is 6.61 Å². The maximum absolute atomic E-state index is 5.25. The standard InChI is InChI=1S/C11H20N4O/c1-3-15(6-7-16-2)9-10-4-5-11(14-12)13-8-10/h4-5,8H,3,6-7,9,12H2,1-2H3,(H,13,14). The number of methoxy groups -OCH3 is 1. The lowest BCUT2D eigenvalue weighted by molar-refractivity contribution is 0.147. The van der Waals surface area contributed by atoms with Gasteiger partial charge in [-0.3, -0.25) is 4.90 Å². The number of pyridine rings is 1. The average molecular weight is 224 g/mol. The van der Waals surface area contributed by atoms with Crippen molar-refractivity contribution in [2.75, 3.05) is 32.2 Å². The van der Waals surface area contributed by atoms with Crippen molar-refractivity contribution in [2.24, 2.45) is 5.84 Å². The molecule has 0 saturated carbocycles. The van der Waals surface area contributed by atoms with Gasteiger partial charge in [0, 0.05) is 26.4 Å². The van der Waals surface area contributed by atoms with Crippen molar-refractivity contribution in [3.63, 3.8) is 0 Å². The van der Waals surface area contributed by atoms with E-state index < -0.39 is 0 Å². The molecular weight excluding hydrogens is 204 g/mol. The van der Waals surface area contributed by atoms with Crippen molar-refractivity contribution < 1.29 is 4.74 Å². The lowest BCUT2D eigenvalue weighted by Crippen LogP contribution is -2.26. The SMILES string of the molecule is CCN(CCOC)Cc1ccc(NN)nc1. The predicted octanol–water partition coefficient (Wildman–Crippen LogP) is 0.835. The third kappa shape index (κ3) is 4.14. The molecule has 0 spiro atoms. The van der Waals surface area contributed by atoms with Crippen LogP contribution in [-0.2, 0) is 11.3 Å². The highest BCUT2D eigenvalue weighted by Gasteiger charge is 2.03. The normalized spacial score (nSPS) is 10.8. The molecule has 5 nitrogen and oxygen atoms in total. The quantitative estimate of drug-likeness (QED) is 0.530. The molecule has 1 heterocycles. The minimum absolute atomic E-state index is 0.684. The first kappa shape index (κ1) is 12.9. The summed E-state index contributed by atoms with van der Waals surface area (Å²) in [4.78, 5) is 6.47. The Morgan fingerprint density at radius 1 is 1.50 bits per heavy atom. The first-order valence-corrected chi connectivity index (χ1v) is 5.43. The van der Waals surface area contributed by atoms with E-state index in [-0.39, 0.29) is 0 Å². The highest BCUT2D eigenvalue weighted by atomic mass is 16.5. The van der Waals surface area contributed by atoms with Crippen molar-refractivity contribution in [3.8, 4) is 0 Å². The predicted molar refractivity (Wildman–Crippen MR) is 64.9 cm³/mol. The molecule has 1 rings (SSSR count). The lowest BCUT2D eigenvalue weighted by atomic mass is 10.2. The lowest BCUT2D eigenvalue weighted by Gasteiger charge is -2.19. The van der Waals surface area contributed by atoms with Gasteiger partial charge >= 0.3 is 0 Å². The van der Waals surface area contributed by atoms with Gasteiger partial charge in [-0.15, -0.1) is 0 Å². The van der Waals surface area contributed by atoms with Gasteiger partial charge in [0.15, 0.2) is 0 Å². The third-order valence-electron chi connectivity index (χ3n) is 2.44. The van der Waals surface area contributed by atoms with Crippen molar-refractivity contribution in [3.05, 3.63) is 23.9 Å². The Labute approximate surface area is 96.6 Å². The summed E-state index contributed by atoms with van der Waals surface area (Å²) in [6, 6.07) is 3.90. The van der Waals surface area contributed by atoms with Crippen molar-refractivity contribution >= 4 is 5.82 Å². The summed E-state index contributed by atoms with van der Waals surface area (Å²) in [5.74, 6) is 5.94. The summed E-state index contributed by atoms with van der Waals surface area (Å²) in [6.07, 6.45) is 1.84. The number of rotatable bonds is 7. The number of ether oxygens (including phenoxy) is 1. The molecule has 0 radical (unpaired) electrons. The zero-order valence-electron chi connectivity index (χ0n) is 9.94. The zero-order valence-corrected chi connectivity index (χ0v) is 9.94. The molecule has 5 heteroatoms. The maximum atomic E-state index is 5.25. The largest absolute Gasteiger partial charge is 0.383 e. The first-order chi connectivity index (χ1) is 7.80. The van der Waals surface area contributed by atoms with Crippen LogP contribution in [0, 0.1) is 0 Å². The molecule has 1 aromatic rings. The van der Waals surface area contributed by atoms with Crippen molar-refractivity contribution in [2.45, 2.75) is 13.5 Å². The zero-order chi connectivity index (χ0) is 11.8. The molecule has 0 saturated heterocycles. The molecule has 0 aliphatic rings. The number of anilines is 1. The topological polar surface area (TPSA) is 63.4 Å². The third-order valence-corrected chi connectivity index (χ3v) is 2.44. The number of hydrogen-bond donors (Lipinski definition) is 2. The summed E-state index contributed by atoms with van der Waals surface area (Å²) in [5.41, 5.74) is 3.69. The van der Waals surface area contributed by atoms with Crippen LogP contribution in [0.1, 0.15) is 12.5 Å². The summed E-state index contributed by atoms with van der Waals surface area (Å²) in [7, 11) is 1.72. The second-order valence-corrected chi connectivity index (χ2v) is 3.56. The van der Waals surface area contributed by atoms with E-state index in [4.69, 9.17) is 10.6 Å². The van der Waals surface area contributed by atoms with Crippen molar-refractivity contribution in [1.82, 2.24) is 9.88 Å². The second kappa shape index (κ2) is 7.16. The molecule has 0 amide bonds. The highest BCUT2D eigenvalue weighted by Crippen LogP contribution is 2.06. The Kier molecular flexibility index (Phi) is 5.77. The maximum Gasteiger partial charge on any atom is 0.139 e. The van der Waals surface area contributed by atoms with E-state index in [1.807, 2.05) is 18.3 Å². The van der Waals surface area contributed by atoms with Crippen molar-refractivity contribution in [1.29, 1.82) is 0 Å². The number of nitrogens with one attached hydrogen (secondary N) is 1. The minimum Gasteiger partial charge on any atom is -0.383 e. The fourth-order valence-corrected chi connectivity index (χ4v) is 1.43. The van der Waals surface area contributed by atoms with Crippen LogP contribution in [-0.4, -0.2) is 36.7 Å². The summed E-state index contributed by atoms with van der Waals surface area (Å²) >= 11 is 0. The molecule has 0 aliphatic carbocycles. The molecular formula is C11H20N4O. The number of hydrazine groups is 1. The van der Waals surface area contributed by atoms with Gasteiger partial charge in [0.2, 0.25) is 0 Å². The van der Waals surface area contributed by atoms with E-state index in [0.717, 1.165) is 26.2 Å². The number of likely N-dealkylation sites (N-methyl/N-ethyl adjacent to an activating group) is 1. The van der Waals surface area contributed by atoms with E-state index >= 15 is 0 Å². The van der Waals surface area contributed by atoms with E-state index in [1.165, 1.54) is 5.56 Å². The molecule has 0 aliphatic heterocycles. The van der Waals surface area contributed by atoms with Crippen LogP contribution >= 0.6 is 0 Å². The summed E-state index contributed by atoms with van der Waals surface area (Å²) < 4.78 is 5.06. The minimum atomic E-state index is 0.684. The van der Waals surface area contributed by atoms with Crippen LogP contribution in [0.15, 0.2) is 18.3 Å². The monoisotopic (exact) mass is 224 g/mol. The Morgan fingerprint density at radius 2 is 2.31 bits per heavy atom.